The molecule has 0 fully saturated rings. The molecule has 0 spiro atoms. The van der Waals surface area contributed by atoms with E-state index in [1.165, 1.54) is 11.0 Å². The lowest BCUT2D eigenvalue weighted by Crippen LogP contribution is -2.33. The number of aliphatic hydroxyl groups is 1. The summed E-state index contributed by atoms with van der Waals surface area (Å²) in [4.78, 5) is 27.9. The summed E-state index contributed by atoms with van der Waals surface area (Å²) in [5.74, 6) is -4.66. The maximum absolute atomic E-state index is 15.6. The number of carbonyl (C=O) groups is 2. The Bertz CT molecular complexity index is 1650. The number of aryl methyl sites for hydroxylation is 1. The standard InChI is InChI=1S/C31H27ClF2N4O3/c1-20-11-14-38(36-20)23-9-10-25(27(32)18-23)30(41)37-15-13-31(33,34)26(24-7-2-3-8-28(24)37)19-29(40)35-22-6-4-5-21(17-22)12-16-39/h2-11,14,17-19,39H,12-13,15-16H2,1H3,(H,35,40)/b26-19-. The molecule has 0 atom stereocenters. The zero-order valence-corrected chi connectivity index (χ0v) is 22.9. The first-order valence-corrected chi connectivity index (χ1v) is 13.4. The van der Waals surface area contributed by atoms with Crippen molar-refractivity contribution in [2.45, 2.75) is 25.7 Å². The Labute approximate surface area is 240 Å². The molecule has 3 aromatic carbocycles. The molecule has 1 aromatic heterocycles. The lowest BCUT2D eigenvalue weighted by molar-refractivity contribution is -0.112. The van der Waals surface area contributed by atoms with Crippen molar-refractivity contribution < 1.29 is 23.5 Å². The van der Waals surface area contributed by atoms with Gasteiger partial charge in [0, 0.05) is 48.7 Å². The van der Waals surface area contributed by atoms with Crippen molar-refractivity contribution in [1.29, 1.82) is 0 Å². The van der Waals surface area contributed by atoms with Gasteiger partial charge in [-0.1, -0.05) is 41.9 Å². The van der Waals surface area contributed by atoms with Crippen molar-refractivity contribution in [3.63, 3.8) is 0 Å². The molecule has 2 heterocycles. The average molecular weight is 577 g/mol. The highest BCUT2D eigenvalue weighted by Gasteiger charge is 2.41. The van der Waals surface area contributed by atoms with Gasteiger partial charge in [-0.15, -0.1) is 0 Å². The fourth-order valence-corrected chi connectivity index (χ4v) is 5.06. The molecule has 0 saturated carbocycles. The first kappa shape index (κ1) is 28.2. The van der Waals surface area contributed by atoms with Crippen molar-refractivity contribution >= 4 is 40.4 Å². The maximum Gasteiger partial charge on any atom is 0.275 e. The highest BCUT2D eigenvalue weighted by molar-refractivity contribution is 6.34. The van der Waals surface area contributed by atoms with E-state index in [4.69, 9.17) is 11.6 Å². The summed E-state index contributed by atoms with van der Waals surface area (Å²) in [6.45, 7) is 1.51. The molecule has 7 nitrogen and oxygen atoms in total. The molecule has 1 aliphatic heterocycles. The number of carbonyl (C=O) groups excluding carboxylic acids is 2. The number of amides is 2. The normalized spacial score (nSPS) is 15.3. The second-order valence-electron chi connectivity index (χ2n) is 9.72. The van der Waals surface area contributed by atoms with Crippen LogP contribution in [0.5, 0.6) is 0 Å². The van der Waals surface area contributed by atoms with Crippen molar-refractivity contribution in [3.8, 4) is 5.69 Å². The minimum atomic E-state index is -3.40. The smallest absolute Gasteiger partial charge is 0.275 e. The molecule has 4 aromatic rings. The third kappa shape index (κ3) is 6.06. The number of para-hydroxylation sites is 1. The number of nitrogens with zero attached hydrogens (tertiary/aromatic N) is 3. The van der Waals surface area contributed by atoms with Crippen LogP contribution in [0, 0.1) is 6.92 Å². The molecule has 1 aliphatic rings. The van der Waals surface area contributed by atoms with Gasteiger partial charge >= 0.3 is 0 Å². The molecular formula is C31H27ClF2N4O3. The van der Waals surface area contributed by atoms with Gasteiger partial charge in [-0.2, -0.15) is 5.10 Å². The van der Waals surface area contributed by atoms with E-state index in [1.54, 1.807) is 71.5 Å². The SMILES string of the molecule is Cc1ccn(-c2ccc(C(=O)N3CCC(F)(F)/C(=C\C(=O)Nc4cccc(CCO)c4)c4ccccc43)c(Cl)c2)n1. The first-order valence-electron chi connectivity index (χ1n) is 13.0. The van der Waals surface area contributed by atoms with Crippen LogP contribution in [0.15, 0.2) is 85.1 Å². The Morgan fingerprint density at radius 2 is 1.90 bits per heavy atom. The fraction of sp³-hybridized carbons (Fsp3) is 0.194. The highest BCUT2D eigenvalue weighted by Crippen LogP contribution is 2.43. The van der Waals surface area contributed by atoms with Gasteiger partial charge in [-0.3, -0.25) is 9.59 Å². The van der Waals surface area contributed by atoms with Crippen LogP contribution >= 0.6 is 11.6 Å². The van der Waals surface area contributed by atoms with Crippen LogP contribution in [-0.2, 0) is 11.2 Å². The first-order chi connectivity index (χ1) is 19.7. The Morgan fingerprint density at radius 1 is 1.10 bits per heavy atom. The quantitative estimate of drug-likeness (QED) is 0.273. The van der Waals surface area contributed by atoms with Gasteiger partial charge in [-0.05, 0) is 61.4 Å². The van der Waals surface area contributed by atoms with E-state index in [9.17, 15) is 14.7 Å². The maximum atomic E-state index is 15.6. The second kappa shape index (κ2) is 11.6. The molecule has 210 valence electrons. The Morgan fingerprint density at radius 3 is 2.63 bits per heavy atom. The molecule has 0 radical (unpaired) electrons. The van der Waals surface area contributed by atoms with Gasteiger partial charge in [-0.25, -0.2) is 13.5 Å². The van der Waals surface area contributed by atoms with Crippen LogP contribution in [0.1, 0.15) is 33.6 Å². The van der Waals surface area contributed by atoms with Crippen LogP contribution in [-0.4, -0.2) is 45.8 Å². The molecule has 0 unspecified atom stereocenters. The molecule has 0 saturated heterocycles. The zero-order valence-electron chi connectivity index (χ0n) is 22.2. The van der Waals surface area contributed by atoms with Gasteiger partial charge in [0.15, 0.2) is 0 Å². The molecule has 2 N–H and O–H groups in total. The third-order valence-corrected chi connectivity index (χ3v) is 7.13. The predicted octanol–water partition coefficient (Wildman–Crippen LogP) is 6.08. The third-order valence-electron chi connectivity index (χ3n) is 6.81. The zero-order chi connectivity index (χ0) is 29.1. The number of fused-ring (bicyclic) bond motifs is 1. The molecule has 41 heavy (non-hydrogen) atoms. The van der Waals surface area contributed by atoms with Crippen molar-refractivity contribution in [2.75, 3.05) is 23.4 Å². The summed E-state index contributed by atoms with van der Waals surface area (Å²) in [5.41, 5.74) is 2.69. The Hall–Kier alpha value is -4.34. The molecule has 10 heteroatoms. The Kier molecular flexibility index (Phi) is 8.01. The lowest BCUT2D eigenvalue weighted by atomic mass is 9.97. The number of aliphatic hydroxyl groups excluding tert-OH is 1. The number of hydrogen-bond acceptors (Lipinski definition) is 4. The van der Waals surface area contributed by atoms with Gasteiger partial charge in [0.2, 0.25) is 5.91 Å². The molecule has 5 rings (SSSR count). The number of nitrogens with one attached hydrogen (secondary N) is 1. The summed E-state index contributed by atoms with van der Waals surface area (Å²) in [6, 6.07) is 19.8. The van der Waals surface area contributed by atoms with E-state index < -0.39 is 29.7 Å². The Balaban J connectivity index is 1.47. The monoisotopic (exact) mass is 576 g/mol. The number of aromatic nitrogens is 2. The average Bonchev–Trinajstić information content (AvgIpc) is 3.34. The van der Waals surface area contributed by atoms with Gasteiger partial charge in [0.05, 0.1) is 27.7 Å². The van der Waals surface area contributed by atoms with Gasteiger partial charge < -0.3 is 15.3 Å². The lowest BCUT2D eigenvalue weighted by Gasteiger charge is -2.23. The predicted molar refractivity (Wildman–Crippen MR) is 155 cm³/mol. The number of benzene rings is 3. The van der Waals surface area contributed by atoms with Gasteiger partial charge in [0.1, 0.15) is 0 Å². The highest BCUT2D eigenvalue weighted by atomic mass is 35.5. The van der Waals surface area contributed by atoms with E-state index in [0.717, 1.165) is 17.3 Å². The van der Waals surface area contributed by atoms with Crippen LogP contribution in [0.2, 0.25) is 5.02 Å². The van der Waals surface area contributed by atoms with Crippen LogP contribution in [0.4, 0.5) is 20.2 Å². The minimum absolute atomic E-state index is 0.0565. The number of rotatable bonds is 6. The largest absolute Gasteiger partial charge is 0.396 e. The van der Waals surface area contributed by atoms with Crippen LogP contribution < -0.4 is 10.2 Å². The number of hydrogen-bond donors (Lipinski definition) is 2. The fourth-order valence-electron chi connectivity index (χ4n) is 4.80. The van der Waals surface area contributed by atoms with Crippen molar-refractivity contribution in [3.05, 3.63) is 112 Å². The molecular weight excluding hydrogens is 550 g/mol. The number of alkyl halides is 2. The van der Waals surface area contributed by atoms with E-state index in [1.807, 2.05) is 13.0 Å². The van der Waals surface area contributed by atoms with Crippen LogP contribution in [0.3, 0.4) is 0 Å². The van der Waals surface area contributed by atoms with E-state index in [-0.39, 0.29) is 35.0 Å². The summed E-state index contributed by atoms with van der Waals surface area (Å²) >= 11 is 6.51. The minimum Gasteiger partial charge on any atom is -0.396 e. The van der Waals surface area contributed by atoms with E-state index >= 15 is 8.78 Å². The van der Waals surface area contributed by atoms with Crippen molar-refractivity contribution in [1.82, 2.24) is 9.78 Å². The topological polar surface area (TPSA) is 87.5 Å². The van der Waals surface area contributed by atoms with Crippen LogP contribution in [0.25, 0.3) is 11.3 Å². The summed E-state index contributed by atoms with van der Waals surface area (Å²) < 4.78 is 32.8. The number of anilines is 2. The number of halogens is 3. The summed E-state index contributed by atoms with van der Waals surface area (Å²) in [7, 11) is 0. The molecule has 0 bridgehead atoms. The summed E-state index contributed by atoms with van der Waals surface area (Å²) in [5, 5.41) is 16.3. The van der Waals surface area contributed by atoms with Gasteiger partial charge in [0.25, 0.3) is 11.8 Å². The van der Waals surface area contributed by atoms with E-state index in [0.29, 0.717) is 17.8 Å². The second-order valence-corrected chi connectivity index (χ2v) is 10.1. The van der Waals surface area contributed by atoms with Crippen molar-refractivity contribution in [2.24, 2.45) is 0 Å². The molecule has 2 amide bonds. The summed E-state index contributed by atoms with van der Waals surface area (Å²) in [6.07, 6.45) is 2.36. The molecule has 0 aliphatic carbocycles. The number of allylic oxidation sites excluding steroid dienone is 1. The van der Waals surface area contributed by atoms with E-state index in [2.05, 4.69) is 10.4 Å².